The van der Waals surface area contributed by atoms with E-state index in [1.807, 2.05) is 11.9 Å². The lowest BCUT2D eigenvalue weighted by atomic mass is 9.96. The lowest BCUT2D eigenvalue weighted by molar-refractivity contribution is -0.134. The van der Waals surface area contributed by atoms with E-state index in [2.05, 4.69) is 30.0 Å². The minimum atomic E-state index is 0.0749. The number of aryl methyl sites for hydroxylation is 1. The van der Waals surface area contributed by atoms with E-state index in [1.165, 1.54) is 10.3 Å². The summed E-state index contributed by atoms with van der Waals surface area (Å²) in [5, 5.41) is 1.14. The number of anilines is 1. The molecule has 1 unspecified atom stereocenters. The lowest BCUT2D eigenvalue weighted by Crippen LogP contribution is -2.41. The van der Waals surface area contributed by atoms with E-state index in [0.29, 0.717) is 12.5 Å². The van der Waals surface area contributed by atoms with Crippen molar-refractivity contribution in [1.82, 2.24) is 9.88 Å². The molecule has 2 saturated heterocycles. The molecule has 0 saturated carbocycles. The van der Waals surface area contributed by atoms with Crippen LogP contribution in [0.5, 0.6) is 0 Å². The summed E-state index contributed by atoms with van der Waals surface area (Å²) in [7, 11) is 1.95. The van der Waals surface area contributed by atoms with Crippen molar-refractivity contribution in [3.63, 3.8) is 0 Å². The molecule has 4 rings (SSSR count). The fourth-order valence-corrected chi connectivity index (χ4v) is 5.22. The number of aromatic nitrogens is 1. The number of hydrogen-bond donors (Lipinski definition) is 0. The third kappa shape index (κ3) is 4.11. The molecule has 0 spiro atoms. The van der Waals surface area contributed by atoms with Crippen LogP contribution in [0.15, 0.2) is 18.2 Å². The topological polar surface area (TPSA) is 45.7 Å². The van der Waals surface area contributed by atoms with Crippen LogP contribution in [-0.4, -0.2) is 55.7 Å². The smallest absolute Gasteiger partial charge is 0.227 e. The second-order valence-corrected chi connectivity index (χ2v) is 8.87. The number of hydrogen-bond acceptors (Lipinski definition) is 5. The Morgan fingerprint density at radius 2 is 2.15 bits per heavy atom. The number of rotatable bonds is 5. The number of amides is 1. The Morgan fingerprint density at radius 1 is 1.33 bits per heavy atom. The zero-order valence-electron chi connectivity index (χ0n) is 16.3. The Balaban J connectivity index is 1.32. The van der Waals surface area contributed by atoms with Crippen LogP contribution in [0.1, 0.15) is 31.7 Å². The Hall–Kier alpha value is -1.66. The zero-order valence-corrected chi connectivity index (χ0v) is 17.1. The van der Waals surface area contributed by atoms with Gasteiger partial charge < -0.3 is 14.5 Å². The Kier molecular flexibility index (Phi) is 5.64. The quantitative estimate of drug-likeness (QED) is 0.787. The van der Waals surface area contributed by atoms with Gasteiger partial charge in [-0.2, -0.15) is 0 Å². The van der Waals surface area contributed by atoms with Gasteiger partial charge in [-0.05, 0) is 49.3 Å². The highest BCUT2D eigenvalue weighted by Gasteiger charge is 2.29. The highest BCUT2D eigenvalue weighted by Crippen LogP contribution is 2.32. The first-order valence-corrected chi connectivity index (χ1v) is 10.9. The first-order valence-electron chi connectivity index (χ1n) is 10.1. The molecule has 1 aromatic carbocycles. The summed E-state index contributed by atoms with van der Waals surface area (Å²) in [5.74, 6) is 0.914. The van der Waals surface area contributed by atoms with Crippen molar-refractivity contribution < 1.29 is 9.53 Å². The molecular formula is C21H29N3O2S. The van der Waals surface area contributed by atoms with E-state index in [0.717, 1.165) is 62.6 Å². The zero-order chi connectivity index (χ0) is 18.8. The molecule has 2 aliphatic heterocycles. The van der Waals surface area contributed by atoms with Gasteiger partial charge in [0.1, 0.15) is 0 Å². The summed E-state index contributed by atoms with van der Waals surface area (Å²) in [5.41, 5.74) is 2.48. The molecule has 2 aliphatic rings. The number of nitrogens with zero attached hydrogens (tertiary/aromatic N) is 3. The van der Waals surface area contributed by atoms with Crippen molar-refractivity contribution in [2.45, 2.75) is 32.6 Å². The van der Waals surface area contributed by atoms with Gasteiger partial charge in [-0.25, -0.2) is 4.98 Å². The van der Waals surface area contributed by atoms with E-state index in [-0.39, 0.29) is 11.8 Å². The third-order valence-corrected chi connectivity index (χ3v) is 7.00. The van der Waals surface area contributed by atoms with Gasteiger partial charge in [-0.3, -0.25) is 4.79 Å². The largest absolute Gasteiger partial charge is 0.381 e. The molecule has 146 valence electrons. The van der Waals surface area contributed by atoms with Crippen LogP contribution >= 0.6 is 11.3 Å². The molecule has 1 atom stereocenters. The molecule has 1 aromatic heterocycles. The molecule has 0 N–H and O–H groups in total. The number of fused-ring (bicyclic) bond motifs is 1. The van der Waals surface area contributed by atoms with E-state index in [9.17, 15) is 4.79 Å². The molecule has 3 heterocycles. The maximum Gasteiger partial charge on any atom is 0.227 e. The molecular weight excluding hydrogens is 358 g/mol. The molecule has 27 heavy (non-hydrogen) atoms. The predicted octanol–water partition coefficient (Wildman–Crippen LogP) is 3.57. The average molecular weight is 388 g/mol. The first-order chi connectivity index (χ1) is 13.1. The van der Waals surface area contributed by atoms with Gasteiger partial charge in [0.2, 0.25) is 5.91 Å². The van der Waals surface area contributed by atoms with Gasteiger partial charge in [-0.15, -0.1) is 0 Å². The van der Waals surface area contributed by atoms with Gasteiger partial charge in [0.15, 0.2) is 5.13 Å². The molecule has 0 bridgehead atoms. The fourth-order valence-electron chi connectivity index (χ4n) is 4.14. The molecule has 2 fully saturated rings. The number of thiazole rings is 1. The van der Waals surface area contributed by atoms with Gasteiger partial charge in [0.05, 0.1) is 22.7 Å². The van der Waals surface area contributed by atoms with E-state index >= 15 is 0 Å². The van der Waals surface area contributed by atoms with Gasteiger partial charge in [0, 0.05) is 33.3 Å². The monoisotopic (exact) mass is 387 g/mol. The van der Waals surface area contributed by atoms with Crippen LogP contribution in [0, 0.1) is 11.8 Å². The SMILES string of the molecule is CCc1ccc2nc(N3CCC(CN(C)C(=O)C4CCOC4)CC3)sc2c1. The van der Waals surface area contributed by atoms with E-state index in [1.54, 1.807) is 11.3 Å². The van der Waals surface area contributed by atoms with Crippen LogP contribution in [0.4, 0.5) is 5.13 Å². The Bertz CT molecular complexity index is 792. The van der Waals surface area contributed by atoms with Crippen molar-refractivity contribution in [1.29, 1.82) is 0 Å². The van der Waals surface area contributed by atoms with Crippen LogP contribution in [-0.2, 0) is 16.0 Å². The van der Waals surface area contributed by atoms with E-state index in [4.69, 9.17) is 9.72 Å². The molecule has 5 nitrogen and oxygen atoms in total. The third-order valence-electron chi connectivity index (χ3n) is 5.92. The summed E-state index contributed by atoms with van der Waals surface area (Å²) < 4.78 is 6.65. The molecule has 2 aromatic rings. The van der Waals surface area contributed by atoms with E-state index < -0.39 is 0 Å². The highest BCUT2D eigenvalue weighted by molar-refractivity contribution is 7.22. The summed E-state index contributed by atoms with van der Waals surface area (Å²) in [6.07, 6.45) is 4.18. The molecule has 6 heteroatoms. The summed E-state index contributed by atoms with van der Waals surface area (Å²) >= 11 is 1.81. The summed E-state index contributed by atoms with van der Waals surface area (Å²) in [6.45, 7) is 6.43. The van der Waals surface area contributed by atoms with Crippen molar-refractivity contribution in [2.75, 3.05) is 44.8 Å². The van der Waals surface area contributed by atoms with Crippen molar-refractivity contribution >= 4 is 32.6 Å². The second kappa shape index (κ2) is 8.15. The lowest BCUT2D eigenvalue weighted by Gasteiger charge is -2.34. The number of piperidine rings is 1. The standard InChI is InChI=1S/C21H29N3O2S/c1-3-15-4-5-18-19(12-15)27-21(22-18)24-9-6-16(7-10-24)13-23(2)20(25)17-8-11-26-14-17/h4-5,12,16-17H,3,6-11,13-14H2,1-2H3. The fraction of sp³-hybridized carbons (Fsp3) is 0.619. The van der Waals surface area contributed by atoms with Crippen molar-refractivity contribution in [2.24, 2.45) is 11.8 Å². The maximum atomic E-state index is 12.5. The molecule has 0 radical (unpaired) electrons. The van der Waals surface area contributed by atoms with Gasteiger partial charge in [0.25, 0.3) is 0 Å². The van der Waals surface area contributed by atoms with Gasteiger partial charge in [-0.1, -0.05) is 24.3 Å². The van der Waals surface area contributed by atoms with Gasteiger partial charge >= 0.3 is 0 Å². The highest BCUT2D eigenvalue weighted by atomic mass is 32.1. The minimum absolute atomic E-state index is 0.0749. The second-order valence-electron chi connectivity index (χ2n) is 7.86. The van der Waals surface area contributed by atoms with Crippen LogP contribution in [0.2, 0.25) is 0 Å². The number of benzene rings is 1. The number of ether oxygens (including phenoxy) is 1. The average Bonchev–Trinajstić information content (AvgIpc) is 3.37. The Labute approximate surface area is 165 Å². The maximum absolute atomic E-state index is 12.5. The van der Waals surface area contributed by atoms with Crippen LogP contribution in [0.3, 0.4) is 0 Å². The molecule has 0 aliphatic carbocycles. The predicted molar refractivity (Wildman–Crippen MR) is 110 cm³/mol. The minimum Gasteiger partial charge on any atom is -0.381 e. The number of carbonyl (C=O) groups is 1. The van der Waals surface area contributed by atoms with Crippen LogP contribution < -0.4 is 4.90 Å². The molecule has 1 amide bonds. The first kappa shape index (κ1) is 18.7. The summed E-state index contributed by atoms with van der Waals surface area (Å²) in [6, 6.07) is 6.60. The summed E-state index contributed by atoms with van der Waals surface area (Å²) in [4.78, 5) is 21.7. The normalized spacial score (nSPS) is 21.1. The van der Waals surface area contributed by atoms with Crippen LogP contribution in [0.25, 0.3) is 10.2 Å². The van der Waals surface area contributed by atoms with Crippen molar-refractivity contribution in [3.8, 4) is 0 Å². The van der Waals surface area contributed by atoms with Crippen molar-refractivity contribution in [3.05, 3.63) is 23.8 Å². The Morgan fingerprint density at radius 3 is 2.85 bits per heavy atom. The number of carbonyl (C=O) groups excluding carboxylic acids is 1.